The number of dihydropyridines is 1. The number of aliphatic imine (C=N–C) groups is 1. The second kappa shape index (κ2) is 7.18. The van der Waals surface area contributed by atoms with Crippen LogP contribution in [0.25, 0.3) is 0 Å². The van der Waals surface area contributed by atoms with Gasteiger partial charge in [-0.15, -0.1) is 11.3 Å². The van der Waals surface area contributed by atoms with Crippen molar-refractivity contribution in [3.05, 3.63) is 40.9 Å². The van der Waals surface area contributed by atoms with Gasteiger partial charge >= 0.3 is 0 Å². The zero-order chi connectivity index (χ0) is 20.0. The molecule has 0 bridgehead atoms. The van der Waals surface area contributed by atoms with Crippen molar-refractivity contribution >= 4 is 34.3 Å². The third-order valence-corrected chi connectivity index (χ3v) is 6.63. The molecule has 0 spiro atoms. The second-order valence-electron chi connectivity index (χ2n) is 7.47. The number of rotatable bonds is 3. The Morgan fingerprint density at radius 1 is 1.31 bits per heavy atom. The Balaban J connectivity index is 1.34. The number of nitrogens with zero attached hydrogens (tertiary/aromatic N) is 3. The SMILES string of the molecule is Cc1sc(Nc2ccc3c(c2)OCO3)nc1C(=O)N1CCC2N=CC=CC2C1C. The monoisotopic (exact) mass is 410 g/mol. The van der Waals surface area contributed by atoms with Crippen molar-refractivity contribution < 1.29 is 14.3 Å². The Hall–Kier alpha value is -2.87. The van der Waals surface area contributed by atoms with Crippen LogP contribution in [-0.2, 0) is 0 Å². The molecule has 4 heterocycles. The maximum absolute atomic E-state index is 13.3. The minimum atomic E-state index is -0.00797. The van der Waals surface area contributed by atoms with E-state index in [1.54, 1.807) is 0 Å². The lowest BCUT2D eigenvalue weighted by Crippen LogP contribution is -2.51. The normalized spacial score (nSPS) is 24.5. The molecular formula is C21H22N4O3S. The van der Waals surface area contributed by atoms with Gasteiger partial charge in [-0.3, -0.25) is 9.79 Å². The summed E-state index contributed by atoms with van der Waals surface area (Å²) in [5, 5.41) is 3.97. The third-order valence-electron chi connectivity index (χ3n) is 5.74. The average Bonchev–Trinajstić information content (AvgIpc) is 3.34. The first-order valence-electron chi connectivity index (χ1n) is 9.75. The summed E-state index contributed by atoms with van der Waals surface area (Å²) in [7, 11) is 0. The predicted molar refractivity (Wildman–Crippen MR) is 113 cm³/mol. The molecule has 3 atom stereocenters. The summed E-state index contributed by atoms with van der Waals surface area (Å²) in [5.41, 5.74) is 1.37. The number of thiazole rings is 1. The molecule has 29 heavy (non-hydrogen) atoms. The standard InChI is InChI=1S/C21H22N4O3S/c1-12-15-4-3-8-22-16(15)7-9-25(12)20(26)19-13(2)29-21(24-19)23-14-5-6-17-18(10-14)28-11-27-17/h3-6,8,10,12,15-16H,7,9,11H2,1-2H3,(H,23,24). The number of benzene rings is 1. The van der Waals surface area contributed by atoms with E-state index >= 15 is 0 Å². The van der Waals surface area contributed by atoms with Gasteiger partial charge < -0.3 is 19.7 Å². The molecule has 1 N–H and O–H groups in total. The molecule has 5 rings (SSSR count). The fraction of sp³-hybridized carbons (Fsp3) is 0.381. The zero-order valence-corrected chi connectivity index (χ0v) is 17.1. The molecule has 1 aromatic carbocycles. The number of nitrogens with one attached hydrogen (secondary N) is 1. The van der Waals surface area contributed by atoms with Crippen LogP contribution < -0.4 is 14.8 Å². The molecule has 0 saturated carbocycles. The highest BCUT2D eigenvalue weighted by atomic mass is 32.1. The number of aryl methyl sites for hydroxylation is 1. The van der Waals surface area contributed by atoms with E-state index in [9.17, 15) is 4.79 Å². The summed E-state index contributed by atoms with van der Waals surface area (Å²) < 4.78 is 10.8. The molecule has 2 aromatic rings. The maximum Gasteiger partial charge on any atom is 0.273 e. The van der Waals surface area contributed by atoms with Crippen LogP contribution in [0.3, 0.4) is 0 Å². The molecule has 3 unspecified atom stereocenters. The van der Waals surface area contributed by atoms with Crippen LogP contribution in [0.1, 0.15) is 28.7 Å². The lowest BCUT2D eigenvalue weighted by Gasteiger charge is -2.42. The molecule has 1 amide bonds. The van der Waals surface area contributed by atoms with E-state index in [4.69, 9.17) is 9.47 Å². The molecule has 1 saturated heterocycles. The first-order valence-corrected chi connectivity index (χ1v) is 10.6. The third kappa shape index (κ3) is 3.27. The Bertz CT molecular complexity index is 1020. The number of piperidine rings is 1. The molecule has 0 aliphatic carbocycles. The minimum Gasteiger partial charge on any atom is -0.454 e. The van der Waals surface area contributed by atoms with Gasteiger partial charge in [0.15, 0.2) is 16.6 Å². The van der Waals surface area contributed by atoms with E-state index in [1.165, 1.54) is 11.3 Å². The average molecular weight is 410 g/mol. The molecule has 8 heteroatoms. The summed E-state index contributed by atoms with van der Waals surface area (Å²) in [6.45, 7) is 4.99. The Morgan fingerprint density at radius 3 is 3.07 bits per heavy atom. The summed E-state index contributed by atoms with van der Waals surface area (Å²) in [5.74, 6) is 1.70. The van der Waals surface area contributed by atoms with Crippen molar-refractivity contribution in [1.82, 2.24) is 9.88 Å². The second-order valence-corrected chi connectivity index (χ2v) is 8.68. The number of fused-ring (bicyclic) bond motifs is 2. The summed E-state index contributed by atoms with van der Waals surface area (Å²) in [6, 6.07) is 6.03. The van der Waals surface area contributed by atoms with Gasteiger partial charge in [0.1, 0.15) is 5.69 Å². The lowest BCUT2D eigenvalue weighted by atomic mass is 9.84. The molecule has 150 valence electrons. The fourth-order valence-corrected chi connectivity index (χ4v) is 4.99. The number of likely N-dealkylation sites (tertiary alicyclic amines) is 1. The first-order chi connectivity index (χ1) is 14.1. The molecule has 3 aliphatic rings. The van der Waals surface area contributed by atoms with E-state index in [-0.39, 0.29) is 30.7 Å². The van der Waals surface area contributed by atoms with Gasteiger partial charge in [-0.2, -0.15) is 0 Å². The smallest absolute Gasteiger partial charge is 0.273 e. The minimum absolute atomic E-state index is 0.00797. The fourth-order valence-electron chi connectivity index (χ4n) is 4.17. The van der Waals surface area contributed by atoms with E-state index in [2.05, 4.69) is 28.3 Å². The first kappa shape index (κ1) is 18.2. The van der Waals surface area contributed by atoms with Gasteiger partial charge in [0, 0.05) is 41.4 Å². The van der Waals surface area contributed by atoms with E-state index in [0.717, 1.165) is 22.7 Å². The van der Waals surface area contributed by atoms with Crippen molar-refractivity contribution in [2.24, 2.45) is 10.9 Å². The Labute approximate surface area is 173 Å². The number of aromatic nitrogens is 1. The van der Waals surface area contributed by atoms with Crippen LogP contribution in [0, 0.1) is 12.8 Å². The largest absolute Gasteiger partial charge is 0.454 e. The number of hydrogen-bond acceptors (Lipinski definition) is 7. The predicted octanol–water partition coefficient (Wildman–Crippen LogP) is 3.78. The molecule has 7 nitrogen and oxygen atoms in total. The lowest BCUT2D eigenvalue weighted by molar-refractivity contribution is 0.0543. The molecule has 3 aliphatic heterocycles. The number of carbonyl (C=O) groups is 1. The van der Waals surface area contributed by atoms with Gasteiger partial charge in [0.2, 0.25) is 6.79 Å². The van der Waals surface area contributed by atoms with E-state index < -0.39 is 0 Å². The van der Waals surface area contributed by atoms with E-state index in [1.807, 2.05) is 42.3 Å². The highest BCUT2D eigenvalue weighted by molar-refractivity contribution is 7.15. The highest BCUT2D eigenvalue weighted by Gasteiger charge is 2.38. The van der Waals surface area contributed by atoms with Gasteiger partial charge in [-0.1, -0.05) is 6.08 Å². The van der Waals surface area contributed by atoms with Crippen molar-refractivity contribution in [3.63, 3.8) is 0 Å². The summed E-state index contributed by atoms with van der Waals surface area (Å²) >= 11 is 1.48. The van der Waals surface area contributed by atoms with Crippen LogP contribution in [-0.4, -0.2) is 47.4 Å². The molecule has 1 aromatic heterocycles. The molecule has 1 fully saturated rings. The van der Waals surface area contributed by atoms with Crippen molar-refractivity contribution in [3.8, 4) is 11.5 Å². The van der Waals surface area contributed by atoms with Crippen LogP contribution in [0.4, 0.5) is 10.8 Å². The zero-order valence-electron chi connectivity index (χ0n) is 16.3. The van der Waals surface area contributed by atoms with Crippen LogP contribution in [0.2, 0.25) is 0 Å². The van der Waals surface area contributed by atoms with Crippen LogP contribution in [0.5, 0.6) is 11.5 Å². The van der Waals surface area contributed by atoms with E-state index in [0.29, 0.717) is 23.1 Å². The van der Waals surface area contributed by atoms with Crippen LogP contribution >= 0.6 is 11.3 Å². The van der Waals surface area contributed by atoms with Gasteiger partial charge in [0.05, 0.1) is 6.04 Å². The topological polar surface area (TPSA) is 76.0 Å². The van der Waals surface area contributed by atoms with Gasteiger partial charge in [-0.25, -0.2) is 4.98 Å². The number of anilines is 2. The summed E-state index contributed by atoms with van der Waals surface area (Å²) in [4.78, 5) is 25.3. The van der Waals surface area contributed by atoms with Crippen molar-refractivity contribution in [2.75, 3.05) is 18.7 Å². The summed E-state index contributed by atoms with van der Waals surface area (Å²) in [6.07, 6.45) is 6.90. The number of carbonyl (C=O) groups excluding carboxylic acids is 1. The highest BCUT2D eigenvalue weighted by Crippen LogP contribution is 2.36. The molecular weight excluding hydrogens is 388 g/mol. The van der Waals surface area contributed by atoms with Gasteiger partial charge in [-0.05, 0) is 38.5 Å². The van der Waals surface area contributed by atoms with Crippen molar-refractivity contribution in [1.29, 1.82) is 0 Å². The van der Waals surface area contributed by atoms with Crippen LogP contribution in [0.15, 0.2) is 35.3 Å². The number of amides is 1. The Kier molecular flexibility index (Phi) is 4.50. The van der Waals surface area contributed by atoms with Crippen molar-refractivity contribution in [2.45, 2.75) is 32.4 Å². The maximum atomic E-state index is 13.3. The van der Waals surface area contributed by atoms with Gasteiger partial charge in [0.25, 0.3) is 5.91 Å². The number of allylic oxidation sites excluding steroid dienone is 1. The number of hydrogen-bond donors (Lipinski definition) is 1. The Morgan fingerprint density at radius 2 is 2.17 bits per heavy atom. The quantitative estimate of drug-likeness (QED) is 0.833. The molecule has 0 radical (unpaired) electrons. The number of ether oxygens (including phenoxy) is 2.